The first-order valence-corrected chi connectivity index (χ1v) is 11.1. The van der Waals surface area contributed by atoms with Gasteiger partial charge in [0, 0.05) is 25.0 Å². The highest BCUT2D eigenvalue weighted by Crippen LogP contribution is 2.21. The highest BCUT2D eigenvalue weighted by molar-refractivity contribution is 5.79. The van der Waals surface area contributed by atoms with Gasteiger partial charge in [-0.1, -0.05) is 11.6 Å². The summed E-state index contributed by atoms with van der Waals surface area (Å²) in [5.74, 6) is 0.680. The predicted molar refractivity (Wildman–Crippen MR) is 114 cm³/mol. The van der Waals surface area contributed by atoms with E-state index in [0.29, 0.717) is 30.8 Å². The predicted octanol–water partition coefficient (Wildman–Crippen LogP) is 0.131. The number of hydrogen-bond acceptors (Lipinski definition) is 6. The van der Waals surface area contributed by atoms with Crippen LogP contribution >= 0.6 is 0 Å². The quantitative estimate of drug-likeness (QED) is 0.536. The zero-order chi connectivity index (χ0) is 21.4. The van der Waals surface area contributed by atoms with E-state index < -0.39 is 0 Å². The average molecular weight is 426 g/mol. The Morgan fingerprint density at radius 1 is 1.29 bits per heavy atom. The number of aliphatic hydroxyl groups excluding tert-OH is 1. The lowest BCUT2D eigenvalue weighted by molar-refractivity contribution is -0.932. The molecule has 0 unspecified atom stereocenters. The average Bonchev–Trinajstić information content (AvgIpc) is 3.43. The summed E-state index contributed by atoms with van der Waals surface area (Å²) in [7, 11) is 0. The molecule has 2 aliphatic rings. The van der Waals surface area contributed by atoms with Gasteiger partial charge in [-0.05, 0) is 53.8 Å². The number of aryl methyl sites for hydroxylation is 1. The lowest BCUT2D eigenvalue weighted by Crippen LogP contribution is -3.14. The maximum atomic E-state index is 13.2. The van der Waals surface area contributed by atoms with Crippen LogP contribution in [-0.4, -0.2) is 62.2 Å². The van der Waals surface area contributed by atoms with Crippen LogP contribution in [0.25, 0.3) is 10.9 Å². The van der Waals surface area contributed by atoms with Gasteiger partial charge in [-0.25, -0.2) is 4.68 Å². The Bertz CT molecular complexity index is 1110. The number of aromatic nitrogens is 5. The van der Waals surface area contributed by atoms with Crippen molar-refractivity contribution in [2.45, 2.75) is 57.4 Å². The molecule has 2 aromatic heterocycles. The van der Waals surface area contributed by atoms with E-state index in [0.717, 1.165) is 49.0 Å². The second-order valence-corrected chi connectivity index (χ2v) is 8.82. The molecule has 0 radical (unpaired) electrons. The second kappa shape index (κ2) is 8.49. The topological polar surface area (TPSA) is 110 Å². The molecule has 2 atom stereocenters. The maximum absolute atomic E-state index is 13.2. The number of ether oxygens (including phenoxy) is 1. The number of aliphatic hydroxyl groups is 1. The number of rotatable bonds is 5. The van der Waals surface area contributed by atoms with Crippen LogP contribution in [0.1, 0.15) is 48.7 Å². The summed E-state index contributed by atoms with van der Waals surface area (Å²) in [6, 6.07) is 7.69. The largest absolute Gasteiger partial charge is 0.393 e. The number of likely N-dealkylation sites (tertiary alicyclic amines) is 1. The van der Waals surface area contributed by atoms with Gasteiger partial charge in [0.2, 0.25) is 5.82 Å². The summed E-state index contributed by atoms with van der Waals surface area (Å²) in [4.78, 5) is 17.4. The number of H-pyrrole nitrogens is 1. The molecule has 0 spiro atoms. The summed E-state index contributed by atoms with van der Waals surface area (Å²) in [6.45, 7) is 4.90. The Balaban J connectivity index is 1.59. The van der Waals surface area contributed by atoms with E-state index in [2.05, 4.69) is 26.6 Å². The van der Waals surface area contributed by atoms with E-state index in [-0.39, 0.29) is 23.8 Å². The molecule has 2 fully saturated rings. The van der Waals surface area contributed by atoms with Crippen molar-refractivity contribution in [3.8, 4) is 0 Å². The fourth-order valence-corrected chi connectivity index (χ4v) is 4.89. The van der Waals surface area contributed by atoms with E-state index in [1.165, 1.54) is 4.90 Å². The second-order valence-electron chi connectivity index (χ2n) is 8.82. The minimum atomic E-state index is -0.308. The number of tetrazole rings is 1. The molecule has 9 heteroatoms. The maximum Gasteiger partial charge on any atom is 0.258 e. The number of quaternary nitrogens is 1. The van der Waals surface area contributed by atoms with E-state index in [4.69, 9.17) is 4.74 Å². The van der Waals surface area contributed by atoms with Crippen molar-refractivity contribution in [1.82, 2.24) is 25.2 Å². The molecule has 0 saturated carbocycles. The van der Waals surface area contributed by atoms with Crippen molar-refractivity contribution in [2.75, 3.05) is 19.7 Å². The van der Waals surface area contributed by atoms with Gasteiger partial charge >= 0.3 is 0 Å². The van der Waals surface area contributed by atoms with Crippen LogP contribution in [-0.2, 0) is 11.3 Å². The number of pyridine rings is 1. The Morgan fingerprint density at radius 3 is 2.90 bits per heavy atom. The van der Waals surface area contributed by atoms with Crippen LogP contribution < -0.4 is 10.5 Å². The summed E-state index contributed by atoms with van der Waals surface area (Å²) in [5, 5.41) is 23.6. The fourth-order valence-electron chi connectivity index (χ4n) is 4.89. The molecule has 4 heterocycles. The van der Waals surface area contributed by atoms with Crippen molar-refractivity contribution in [1.29, 1.82) is 0 Å². The number of nitrogens with one attached hydrogen (secondary N) is 2. The number of hydrogen-bond donors (Lipinski definition) is 3. The van der Waals surface area contributed by atoms with Crippen LogP contribution in [0.3, 0.4) is 0 Å². The van der Waals surface area contributed by atoms with Crippen molar-refractivity contribution < 1.29 is 14.7 Å². The summed E-state index contributed by atoms with van der Waals surface area (Å²) in [5.41, 5.74) is 2.50. The van der Waals surface area contributed by atoms with Gasteiger partial charge in [-0.3, -0.25) is 4.79 Å². The molecular weight excluding hydrogens is 396 g/mol. The van der Waals surface area contributed by atoms with E-state index in [9.17, 15) is 9.90 Å². The Morgan fingerprint density at radius 2 is 2.13 bits per heavy atom. The molecule has 3 N–H and O–H groups in total. The summed E-state index contributed by atoms with van der Waals surface area (Å²) in [6.07, 6.45) is 3.24. The molecular formula is C22H29N6O3+. The van der Waals surface area contributed by atoms with Crippen molar-refractivity contribution in [2.24, 2.45) is 0 Å². The third-order valence-electron chi connectivity index (χ3n) is 6.56. The van der Waals surface area contributed by atoms with Gasteiger partial charge in [0.25, 0.3) is 5.56 Å². The zero-order valence-corrected chi connectivity index (χ0v) is 17.8. The van der Waals surface area contributed by atoms with Gasteiger partial charge in [-0.15, -0.1) is 5.10 Å². The molecule has 2 aliphatic heterocycles. The molecule has 0 amide bonds. The molecule has 1 aromatic carbocycles. The van der Waals surface area contributed by atoms with Crippen LogP contribution in [0.15, 0.2) is 29.1 Å². The van der Waals surface area contributed by atoms with Crippen LogP contribution in [0, 0.1) is 6.92 Å². The smallest absolute Gasteiger partial charge is 0.258 e. The monoisotopic (exact) mass is 425 g/mol. The minimum Gasteiger partial charge on any atom is -0.393 e. The Kier molecular flexibility index (Phi) is 5.56. The summed E-state index contributed by atoms with van der Waals surface area (Å²) >= 11 is 0. The number of nitrogens with zero attached hydrogens (tertiary/aromatic N) is 4. The molecule has 0 bridgehead atoms. The van der Waals surface area contributed by atoms with Gasteiger partial charge in [0.1, 0.15) is 0 Å². The standard InChI is InChI=1S/C22H28N6O3/c1-14-4-5-19-15(11-14)12-18(22(30)23-19)20(27-8-6-16(29)7-9-27)21-24-25-26-28(21)13-17-3-2-10-31-17/h4-5,11-12,16-17,20,29H,2-3,6-10,13H2,1H3,(H,23,30)/p+1/t17-,20-/m0/s1. The first-order chi connectivity index (χ1) is 15.1. The normalized spacial score (nSPS) is 25.2. The van der Waals surface area contributed by atoms with Crippen LogP contribution in [0.2, 0.25) is 0 Å². The van der Waals surface area contributed by atoms with Gasteiger partial charge in [-0.2, -0.15) is 0 Å². The van der Waals surface area contributed by atoms with Gasteiger partial charge in [0.05, 0.1) is 37.4 Å². The number of piperidine rings is 1. The van der Waals surface area contributed by atoms with E-state index in [1.807, 2.05) is 25.1 Å². The molecule has 3 aromatic rings. The third-order valence-corrected chi connectivity index (χ3v) is 6.56. The molecule has 164 valence electrons. The molecule has 5 rings (SSSR count). The van der Waals surface area contributed by atoms with Gasteiger partial charge in [0.15, 0.2) is 6.04 Å². The zero-order valence-electron chi connectivity index (χ0n) is 17.8. The van der Waals surface area contributed by atoms with E-state index >= 15 is 0 Å². The van der Waals surface area contributed by atoms with Crippen molar-refractivity contribution >= 4 is 10.9 Å². The first-order valence-electron chi connectivity index (χ1n) is 11.1. The molecule has 2 saturated heterocycles. The van der Waals surface area contributed by atoms with Crippen LogP contribution in [0.5, 0.6) is 0 Å². The summed E-state index contributed by atoms with van der Waals surface area (Å²) < 4.78 is 7.60. The lowest BCUT2D eigenvalue weighted by atomic mass is 9.99. The highest BCUT2D eigenvalue weighted by atomic mass is 16.5. The highest BCUT2D eigenvalue weighted by Gasteiger charge is 2.36. The van der Waals surface area contributed by atoms with Crippen molar-refractivity contribution in [3.63, 3.8) is 0 Å². The number of benzene rings is 1. The Labute approximate surface area is 180 Å². The molecule has 9 nitrogen and oxygen atoms in total. The third kappa shape index (κ3) is 4.13. The van der Waals surface area contributed by atoms with E-state index in [1.54, 1.807) is 4.68 Å². The SMILES string of the molecule is Cc1ccc2[nH]c(=O)c([C@@H](c3nnnn3C[C@@H]3CCCO3)[NH+]3CCC(O)CC3)cc2c1. The molecule has 31 heavy (non-hydrogen) atoms. The Hall–Kier alpha value is -2.62. The van der Waals surface area contributed by atoms with Gasteiger partial charge < -0.3 is 19.7 Å². The molecule has 0 aliphatic carbocycles. The number of aromatic amines is 1. The fraction of sp³-hybridized carbons (Fsp3) is 0.545. The first kappa shape index (κ1) is 20.3. The van der Waals surface area contributed by atoms with Crippen LogP contribution in [0.4, 0.5) is 0 Å². The number of fused-ring (bicyclic) bond motifs is 1. The minimum absolute atomic E-state index is 0.0959. The van der Waals surface area contributed by atoms with Crippen molar-refractivity contribution in [3.05, 3.63) is 51.6 Å². The lowest BCUT2D eigenvalue weighted by Gasteiger charge is -2.32.